The molecule has 2 aromatic rings. The fraction of sp³-hybridized carbons (Fsp3) is 0.238. The van der Waals surface area contributed by atoms with Crippen molar-refractivity contribution in [3.63, 3.8) is 0 Å². The molecule has 0 aliphatic rings. The van der Waals surface area contributed by atoms with E-state index in [4.69, 9.17) is 4.74 Å². The number of amides is 1. The number of hydrogen-bond donors (Lipinski definition) is 1. The van der Waals surface area contributed by atoms with Gasteiger partial charge in [0, 0.05) is 0 Å². The molecule has 1 N–H and O–H groups in total. The average molecular weight is 336 g/mol. The molecule has 4 nitrogen and oxygen atoms in total. The molecule has 4 heteroatoms. The fourth-order valence-electron chi connectivity index (χ4n) is 2.37. The summed E-state index contributed by atoms with van der Waals surface area (Å²) in [6, 6.07) is 14.0. The molecule has 0 bridgehead atoms. The summed E-state index contributed by atoms with van der Waals surface area (Å²) in [5.74, 6) is 0.475. The van der Waals surface area contributed by atoms with Gasteiger partial charge in [-0.1, -0.05) is 48.5 Å². The normalized spacial score (nSPS) is 11.6. The Balaban J connectivity index is 1.87. The molecule has 0 aliphatic heterocycles. The summed E-state index contributed by atoms with van der Waals surface area (Å²) in [7, 11) is 0. The van der Waals surface area contributed by atoms with E-state index in [1.807, 2.05) is 76.2 Å². The molecule has 0 spiro atoms. The molecule has 0 aromatic heterocycles. The predicted octanol–water partition coefficient (Wildman–Crippen LogP) is 4.20. The number of benzene rings is 2. The molecule has 1 amide bonds. The number of carbonyl (C=O) groups excluding carboxylic acids is 1. The van der Waals surface area contributed by atoms with Gasteiger partial charge in [0.25, 0.3) is 5.91 Å². The highest BCUT2D eigenvalue weighted by Gasteiger charge is 2.08. The van der Waals surface area contributed by atoms with E-state index < -0.39 is 0 Å². The number of nitrogens with zero attached hydrogens (tertiary/aromatic N) is 1. The standard InChI is InChI=1S/C21H24N2O2/c1-15(12-19-8-6-5-7-9-19)13-22-23-20(24)14-25-21-17(3)11-10-16(2)18(21)4/h5-13H,14H2,1-4H3,(H,23,24)/b15-12+,22-13-. The zero-order valence-electron chi connectivity index (χ0n) is 15.2. The van der Waals surface area contributed by atoms with Crippen LogP contribution in [0.1, 0.15) is 29.2 Å². The smallest absolute Gasteiger partial charge is 0.277 e. The van der Waals surface area contributed by atoms with Crippen LogP contribution in [0.5, 0.6) is 5.75 Å². The van der Waals surface area contributed by atoms with Crippen molar-refractivity contribution < 1.29 is 9.53 Å². The Labute approximate surface area is 149 Å². The minimum atomic E-state index is -0.288. The van der Waals surface area contributed by atoms with Crippen LogP contribution in [0, 0.1) is 20.8 Å². The van der Waals surface area contributed by atoms with Crippen molar-refractivity contribution in [1.29, 1.82) is 0 Å². The molecule has 0 saturated carbocycles. The summed E-state index contributed by atoms with van der Waals surface area (Å²) < 4.78 is 5.66. The van der Waals surface area contributed by atoms with Crippen LogP contribution < -0.4 is 10.2 Å². The Hall–Kier alpha value is -2.88. The van der Waals surface area contributed by atoms with E-state index in [0.717, 1.165) is 33.6 Å². The molecule has 0 saturated heterocycles. The predicted molar refractivity (Wildman–Crippen MR) is 103 cm³/mol. The van der Waals surface area contributed by atoms with Gasteiger partial charge in [-0.25, -0.2) is 5.43 Å². The maximum atomic E-state index is 11.9. The molecule has 0 heterocycles. The van der Waals surface area contributed by atoms with Gasteiger partial charge in [0.05, 0.1) is 6.21 Å². The van der Waals surface area contributed by atoms with Gasteiger partial charge in [-0.2, -0.15) is 5.10 Å². The highest BCUT2D eigenvalue weighted by atomic mass is 16.5. The minimum absolute atomic E-state index is 0.0656. The summed E-state index contributed by atoms with van der Waals surface area (Å²) >= 11 is 0. The van der Waals surface area contributed by atoms with E-state index in [1.165, 1.54) is 0 Å². The van der Waals surface area contributed by atoms with Gasteiger partial charge in [-0.05, 0) is 55.5 Å². The number of nitrogens with one attached hydrogen (secondary N) is 1. The third kappa shape index (κ3) is 5.60. The first-order valence-corrected chi connectivity index (χ1v) is 8.22. The van der Waals surface area contributed by atoms with Crippen LogP contribution in [-0.4, -0.2) is 18.7 Å². The van der Waals surface area contributed by atoms with Crippen molar-refractivity contribution in [2.45, 2.75) is 27.7 Å². The lowest BCUT2D eigenvalue weighted by Crippen LogP contribution is -2.25. The SMILES string of the molecule is CC(/C=N\NC(=O)COc1c(C)ccc(C)c1C)=C\c1ccccc1. The quantitative estimate of drug-likeness (QED) is 0.635. The Bertz CT molecular complexity index is 793. The summed E-state index contributed by atoms with van der Waals surface area (Å²) in [5, 5.41) is 3.97. The lowest BCUT2D eigenvalue weighted by molar-refractivity contribution is -0.123. The molecule has 0 fully saturated rings. The van der Waals surface area contributed by atoms with Gasteiger partial charge in [-0.3, -0.25) is 4.79 Å². The van der Waals surface area contributed by atoms with Crippen LogP contribution in [0.15, 0.2) is 53.1 Å². The van der Waals surface area contributed by atoms with Gasteiger partial charge in [0.1, 0.15) is 5.75 Å². The maximum absolute atomic E-state index is 11.9. The number of aryl methyl sites for hydroxylation is 2. The van der Waals surface area contributed by atoms with E-state index >= 15 is 0 Å². The Morgan fingerprint density at radius 2 is 1.76 bits per heavy atom. The van der Waals surface area contributed by atoms with Gasteiger partial charge < -0.3 is 4.74 Å². The number of carbonyl (C=O) groups is 1. The highest BCUT2D eigenvalue weighted by Crippen LogP contribution is 2.25. The second-order valence-electron chi connectivity index (χ2n) is 6.03. The number of rotatable bonds is 6. The highest BCUT2D eigenvalue weighted by molar-refractivity contribution is 5.86. The molecule has 0 radical (unpaired) electrons. The van der Waals surface area contributed by atoms with E-state index in [1.54, 1.807) is 6.21 Å². The third-order valence-electron chi connectivity index (χ3n) is 3.87. The summed E-state index contributed by atoms with van der Waals surface area (Å²) in [5.41, 5.74) is 7.73. The largest absolute Gasteiger partial charge is 0.483 e. The molecular formula is C21H24N2O2. The Morgan fingerprint density at radius 3 is 2.48 bits per heavy atom. The summed E-state index contributed by atoms with van der Waals surface area (Å²) in [6.07, 6.45) is 3.61. The number of allylic oxidation sites excluding steroid dienone is 1. The molecular weight excluding hydrogens is 312 g/mol. The first kappa shape index (κ1) is 18.5. The van der Waals surface area contributed by atoms with Crippen molar-refractivity contribution in [1.82, 2.24) is 5.43 Å². The van der Waals surface area contributed by atoms with Crippen LogP contribution in [-0.2, 0) is 4.79 Å². The van der Waals surface area contributed by atoms with E-state index in [-0.39, 0.29) is 12.5 Å². The van der Waals surface area contributed by atoms with Gasteiger partial charge in [-0.15, -0.1) is 0 Å². The molecule has 0 unspecified atom stereocenters. The summed E-state index contributed by atoms with van der Waals surface area (Å²) in [4.78, 5) is 11.9. The second-order valence-corrected chi connectivity index (χ2v) is 6.03. The van der Waals surface area contributed by atoms with E-state index in [9.17, 15) is 4.79 Å². The topological polar surface area (TPSA) is 50.7 Å². The first-order chi connectivity index (χ1) is 12.0. The van der Waals surface area contributed by atoms with E-state index in [2.05, 4.69) is 10.5 Å². The number of ether oxygens (including phenoxy) is 1. The van der Waals surface area contributed by atoms with Crippen molar-refractivity contribution in [2.24, 2.45) is 5.10 Å². The first-order valence-electron chi connectivity index (χ1n) is 8.22. The zero-order chi connectivity index (χ0) is 18.2. The minimum Gasteiger partial charge on any atom is -0.483 e. The van der Waals surface area contributed by atoms with Crippen LogP contribution in [0.2, 0.25) is 0 Å². The molecule has 2 rings (SSSR count). The molecule has 0 atom stereocenters. The lowest BCUT2D eigenvalue weighted by atomic mass is 10.1. The fourth-order valence-corrected chi connectivity index (χ4v) is 2.37. The molecule has 2 aromatic carbocycles. The number of hydrazone groups is 1. The molecule has 130 valence electrons. The van der Waals surface area contributed by atoms with E-state index in [0.29, 0.717) is 0 Å². The van der Waals surface area contributed by atoms with Crippen molar-refractivity contribution in [3.05, 3.63) is 70.3 Å². The maximum Gasteiger partial charge on any atom is 0.277 e. The van der Waals surface area contributed by atoms with Crippen LogP contribution in [0.25, 0.3) is 6.08 Å². The molecule has 0 aliphatic carbocycles. The van der Waals surface area contributed by atoms with Gasteiger partial charge >= 0.3 is 0 Å². The zero-order valence-corrected chi connectivity index (χ0v) is 15.2. The van der Waals surface area contributed by atoms with Crippen LogP contribution in [0.3, 0.4) is 0 Å². The Morgan fingerprint density at radius 1 is 1.08 bits per heavy atom. The van der Waals surface area contributed by atoms with Crippen LogP contribution >= 0.6 is 0 Å². The summed E-state index contributed by atoms with van der Waals surface area (Å²) in [6.45, 7) is 7.84. The second kappa shape index (κ2) is 8.83. The number of hydrogen-bond acceptors (Lipinski definition) is 3. The van der Waals surface area contributed by atoms with Crippen molar-refractivity contribution in [3.8, 4) is 5.75 Å². The molecule has 25 heavy (non-hydrogen) atoms. The monoisotopic (exact) mass is 336 g/mol. The van der Waals surface area contributed by atoms with Gasteiger partial charge in [0.2, 0.25) is 0 Å². The lowest BCUT2D eigenvalue weighted by Gasteiger charge is -2.13. The van der Waals surface area contributed by atoms with Crippen LogP contribution in [0.4, 0.5) is 0 Å². The van der Waals surface area contributed by atoms with Gasteiger partial charge in [0.15, 0.2) is 6.61 Å². The van der Waals surface area contributed by atoms with Crippen molar-refractivity contribution >= 4 is 18.2 Å². The third-order valence-corrected chi connectivity index (χ3v) is 3.87. The Kier molecular flexibility index (Phi) is 6.52. The van der Waals surface area contributed by atoms with Crippen molar-refractivity contribution in [2.75, 3.05) is 6.61 Å². The average Bonchev–Trinajstić information content (AvgIpc) is 2.59.